The molecule has 0 atom stereocenters. The largest absolute Gasteiger partial charge is 0.573 e. The third kappa shape index (κ3) is 3.97. The molecule has 158 valence electrons. The number of hydrogen-bond acceptors (Lipinski definition) is 7. The van der Waals surface area contributed by atoms with Crippen LogP contribution < -0.4 is 19.7 Å². The van der Waals surface area contributed by atoms with Crippen molar-refractivity contribution in [2.75, 3.05) is 31.1 Å². The van der Waals surface area contributed by atoms with Gasteiger partial charge in [-0.2, -0.15) is 5.10 Å². The number of fused-ring (bicyclic) bond motifs is 1. The Kier molecular flexibility index (Phi) is 4.61. The molecule has 2 aliphatic rings. The third-order valence-corrected chi connectivity index (χ3v) is 4.95. The molecule has 1 saturated heterocycles. The molecule has 0 amide bonds. The van der Waals surface area contributed by atoms with E-state index >= 15 is 0 Å². The maximum Gasteiger partial charge on any atom is 0.573 e. The second kappa shape index (κ2) is 7.31. The van der Waals surface area contributed by atoms with E-state index in [1.54, 1.807) is 16.9 Å². The first-order chi connectivity index (χ1) is 14.5. The zero-order valence-electron chi connectivity index (χ0n) is 15.9. The van der Waals surface area contributed by atoms with E-state index in [2.05, 4.69) is 25.0 Å². The topological polar surface area (TPSA) is 76.8 Å². The Morgan fingerprint density at radius 1 is 1.10 bits per heavy atom. The number of aromatic nitrogens is 4. The van der Waals surface area contributed by atoms with E-state index < -0.39 is 12.1 Å². The monoisotopic (exact) mass is 420 g/mol. The van der Waals surface area contributed by atoms with E-state index in [1.807, 2.05) is 6.07 Å². The van der Waals surface area contributed by atoms with Gasteiger partial charge in [-0.3, -0.25) is 0 Å². The lowest BCUT2D eigenvalue weighted by Crippen LogP contribution is -2.43. The second-order valence-electron chi connectivity index (χ2n) is 7.24. The summed E-state index contributed by atoms with van der Waals surface area (Å²) in [6, 6.07) is 3.15. The van der Waals surface area contributed by atoms with Crippen molar-refractivity contribution in [1.82, 2.24) is 24.9 Å². The summed E-state index contributed by atoms with van der Waals surface area (Å²) in [5, 5.41) is 7.59. The van der Waals surface area contributed by atoms with Gasteiger partial charge in [0.05, 0.1) is 23.5 Å². The number of halogens is 3. The van der Waals surface area contributed by atoms with E-state index in [4.69, 9.17) is 9.72 Å². The number of piperazine rings is 1. The Morgan fingerprint density at radius 2 is 1.90 bits per heavy atom. The molecule has 4 heterocycles. The van der Waals surface area contributed by atoms with Gasteiger partial charge in [-0.25, -0.2) is 14.5 Å². The van der Waals surface area contributed by atoms with Gasteiger partial charge in [0.15, 0.2) is 5.65 Å². The molecule has 8 nitrogen and oxygen atoms in total. The second-order valence-corrected chi connectivity index (χ2v) is 7.24. The summed E-state index contributed by atoms with van der Waals surface area (Å²) < 4.78 is 49.7. The Labute approximate surface area is 169 Å². The first-order valence-electron chi connectivity index (χ1n) is 9.69. The fourth-order valence-electron chi connectivity index (χ4n) is 3.37. The van der Waals surface area contributed by atoms with Crippen molar-refractivity contribution in [3.05, 3.63) is 30.7 Å². The highest BCUT2D eigenvalue weighted by Crippen LogP contribution is 2.38. The van der Waals surface area contributed by atoms with Crippen LogP contribution in [0.4, 0.5) is 19.0 Å². The van der Waals surface area contributed by atoms with Crippen molar-refractivity contribution < 1.29 is 22.6 Å². The molecule has 5 rings (SSSR count). The van der Waals surface area contributed by atoms with Crippen LogP contribution in [0.15, 0.2) is 30.7 Å². The minimum Gasteiger partial charge on any atom is -0.474 e. The molecule has 1 aliphatic heterocycles. The van der Waals surface area contributed by atoms with Gasteiger partial charge in [-0.1, -0.05) is 0 Å². The lowest BCUT2D eigenvalue weighted by Gasteiger charge is -2.28. The van der Waals surface area contributed by atoms with Crippen LogP contribution in [0, 0.1) is 0 Å². The minimum absolute atomic E-state index is 0.0249. The van der Waals surface area contributed by atoms with Gasteiger partial charge < -0.3 is 19.7 Å². The summed E-state index contributed by atoms with van der Waals surface area (Å²) in [6.07, 6.45) is 1.35. The van der Waals surface area contributed by atoms with Gasteiger partial charge in [-0.05, 0) is 25.0 Å². The van der Waals surface area contributed by atoms with Crippen LogP contribution in [0.2, 0.25) is 0 Å². The van der Waals surface area contributed by atoms with Crippen LogP contribution in [0.25, 0.3) is 16.8 Å². The molecule has 1 saturated carbocycles. The summed E-state index contributed by atoms with van der Waals surface area (Å²) in [6.45, 7) is 3.36. The minimum atomic E-state index is -4.81. The molecular weight excluding hydrogens is 401 g/mol. The Morgan fingerprint density at radius 3 is 2.63 bits per heavy atom. The molecule has 3 aromatic heterocycles. The standard InChI is InChI=1S/C19H19F3N6O2/c20-19(21,22)30-13-9-14(18(24-10-13)29-12-1-2-12)15-11-25-28-6-3-16(26-17(15)28)27-7-4-23-5-8-27/h3,6,9-12,23H,1-2,4-5,7-8H2. The van der Waals surface area contributed by atoms with Crippen molar-refractivity contribution in [2.45, 2.75) is 25.3 Å². The van der Waals surface area contributed by atoms with Gasteiger partial charge >= 0.3 is 6.36 Å². The maximum atomic E-state index is 12.7. The van der Waals surface area contributed by atoms with Crippen molar-refractivity contribution in [1.29, 1.82) is 0 Å². The van der Waals surface area contributed by atoms with Crippen molar-refractivity contribution in [3.63, 3.8) is 0 Å². The molecule has 0 radical (unpaired) electrons. The normalized spacial score (nSPS) is 17.4. The van der Waals surface area contributed by atoms with Crippen LogP contribution in [0.5, 0.6) is 11.6 Å². The molecule has 0 aromatic carbocycles. The first kappa shape index (κ1) is 18.9. The number of pyridine rings is 1. The molecule has 1 N–H and O–H groups in total. The Balaban J connectivity index is 1.57. The zero-order valence-corrected chi connectivity index (χ0v) is 15.9. The Hall–Kier alpha value is -3.08. The van der Waals surface area contributed by atoms with E-state index in [0.717, 1.165) is 51.0 Å². The smallest absolute Gasteiger partial charge is 0.474 e. The summed E-state index contributed by atoms with van der Waals surface area (Å²) in [5.74, 6) is 0.612. The predicted octanol–water partition coefficient (Wildman–Crippen LogP) is 2.64. The third-order valence-electron chi connectivity index (χ3n) is 4.95. The molecule has 11 heteroatoms. The van der Waals surface area contributed by atoms with Crippen molar-refractivity contribution in [3.8, 4) is 22.8 Å². The number of ether oxygens (including phenoxy) is 2. The molecule has 0 spiro atoms. The van der Waals surface area contributed by atoms with E-state index in [0.29, 0.717) is 16.8 Å². The zero-order chi connectivity index (χ0) is 20.7. The van der Waals surface area contributed by atoms with Crippen LogP contribution in [0.1, 0.15) is 12.8 Å². The highest BCUT2D eigenvalue weighted by Gasteiger charge is 2.32. The molecule has 0 unspecified atom stereocenters. The van der Waals surface area contributed by atoms with Crippen LogP contribution >= 0.6 is 0 Å². The predicted molar refractivity (Wildman–Crippen MR) is 102 cm³/mol. The van der Waals surface area contributed by atoms with E-state index in [1.165, 1.54) is 6.07 Å². The molecule has 0 bridgehead atoms. The summed E-state index contributed by atoms with van der Waals surface area (Å²) in [7, 11) is 0. The summed E-state index contributed by atoms with van der Waals surface area (Å²) in [5.41, 5.74) is 1.41. The number of nitrogens with zero attached hydrogens (tertiary/aromatic N) is 5. The summed E-state index contributed by atoms with van der Waals surface area (Å²) in [4.78, 5) is 11.0. The molecule has 3 aromatic rings. The number of alkyl halides is 3. The summed E-state index contributed by atoms with van der Waals surface area (Å²) >= 11 is 0. The molecule has 2 fully saturated rings. The number of nitrogens with one attached hydrogen (secondary N) is 1. The average Bonchev–Trinajstić information content (AvgIpc) is 3.44. The SMILES string of the molecule is FC(F)(F)Oc1cnc(OC2CC2)c(-c2cnn3ccc(N4CCNCC4)nc23)c1. The van der Waals surface area contributed by atoms with Gasteiger partial charge in [0.2, 0.25) is 5.88 Å². The fraction of sp³-hybridized carbons (Fsp3) is 0.421. The van der Waals surface area contributed by atoms with Gasteiger partial charge in [0, 0.05) is 32.4 Å². The Bertz CT molecular complexity index is 1060. The first-order valence-corrected chi connectivity index (χ1v) is 9.69. The number of anilines is 1. The van der Waals surface area contributed by atoms with Crippen LogP contribution in [0.3, 0.4) is 0 Å². The molecule has 1 aliphatic carbocycles. The average molecular weight is 420 g/mol. The maximum absolute atomic E-state index is 12.7. The van der Waals surface area contributed by atoms with Crippen LogP contribution in [-0.2, 0) is 0 Å². The van der Waals surface area contributed by atoms with Crippen molar-refractivity contribution >= 4 is 11.5 Å². The number of hydrogen-bond donors (Lipinski definition) is 1. The molecule has 30 heavy (non-hydrogen) atoms. The van der Waals surface area contributed by atoms with Crippen LogP contribution in [-0.4, -0.2) is 58.2 Å². The van der Waals surface area contributed by atoms with E-state index in [-0.39, 0.29) is 12.0 Å². The number of rotatable bonds is 5. The fourth-order valence-corrected chi connectivity index (χ4v) is 3.37. The van der Waals surface area contributed by atoms with Gasteiger partial charge in [-0.15, -0.1) is 13.2 Å². The van der Waals surface area contributed by atoms with Crippen molar-refractivity contribution in [2.24, 2.45) is 0 Å². The highest BCUT2D eigenvalue weighted by molar-refractivity contribution is 5.81. The van der Waals surface area contributed by atoms with Gasteiger partial charge in [0.1, 0.15) is 17.7 Å². The van der Waals surface area contributed by atoms with E-state index in [9.17, 15) is 13.2 Å². The quantitative estimate of drug-likeness (QED) is 0.680. The highest BCUT2D eigenvalue weighted by atomic mass is 19.4. The van der Waals surface area contributed by atoms with Gasteiger partial charge in [0.25, 0.3) is 0 Å². The lowest BCUT2D eigenvalue weighted by atomic mass is 10.1. The molecular formula is C19H19F3N6O2. The lowest BCUT2D eigenvalue weighted by molar-refractivity contribution is -0.274.